The van der Waals surface area contributed by atoms with Crippen molar-refractivity contribution < 1.29 is 8.42 Å². The topological polar surface area (TPSA) is 58.2 Å². The molecular weight excluding hydrogens is 280 g/mol. The maximum atomic E-state index is 12.3. The van der Waals surface area contributed by atoms with E-state index in [0.717, 1.165) is 4.88 Å². The fourth-order valence-electron chi connectivity index (χ4n) is 1.48. The van der Waals surface area contributed by atoms with E-state index in [4.69, 9.17) is 0 Å². The maximum absolute atomic E-state index is 12.3. The summed E-state index contributed by atoms with van der Waals surface area (Å²) in [5.41, 5.74) is 0.0883. The second-order valence-electron chi connectivity index (χ2n) is 5.86. The van der Waals surface area contributed by atoms with Crippen molar-refractivity contribution in [3.63, 3.8) is 0 Å². The zero-order valence-electron chi connectivity index (χ0n) is 12.3. The highest BCUT2D eigenvalue weighted by atomic mass is 32.2. The summed E-state index contributed by atoms with van der Waals surface area (Å²) in [5, 5.41) is 4.80. The number of hydrogen-bond acceptors (Lipinski definition) is 4. The number of thiophene rings is 1. The molecule has 1 heterocycles. The van der Waals surface area contributed by atoms with Crippen molar-refractivity contribution in [3.05, 3.63) is 16.3 Å². The van der Waals surface area contributed by atoms with Gasteiger partial charge in [-0.2, -0.15) is 0 Å². The summed E-state index contributed by atoms with van der Waals surface area (Å²) in [7, 11) is -1.59. The van der Waals surface area contributed by atoms with Gasteiger partial charge in [0.25, 0.3) is 0 Å². The molecule has 0 amide bonds. The van der Waals surface area contributed by atoms with Crippen LogP contribution in [0.2, 0.25) is 0 Å². The molecule has 6 heteroatoms. The van der Waals surface area contributed by atoms with Gasteiger partial charge in [0.05, 0.1) is 4.90 Å². The van der Waals surface area contributed by atoms with Crippen LogP contribution in [0.15, 0.2) is 16.3 Å². The molecule has 0 aliphatic heterocycles. The minimum atomic E-state index is -3.40. The van der Waals surface area contributed by atoms with E-state index in [1.54, 1.807) is 6.07 Å². The first kappa shape index (κ1) is 16.6. The van der Waals surface area contributed by atoms with Gasteiger partial charge in [0.1, 0.15) is 0 Å². The summed E-state index contributed by atoms with van der Waals surface area (Å²) < 4.78 is 27.3. The lowest BCUT2D eigenvalue weighted by molar-refractivity contribution is 0.263. The highest BCUT2D eigenvalue weighted by molar-refractivity contribution is 7.89. The predicted molar refractivity (Wildman–Crippen MR) is 80.9 cm³/mol. The van der Waals surface area contributed by atoms with Crippen molar-refractivity contribution in [1.29, 1.82) is 0 Å². The molecule has 0 spiro atoms. The maximum Gasteiger partial charge on any atom is 0.241 e. The zero-order valence-corrected chi connectivity index (χ0v) is 13.9. The third-order valence-corrected chi connectivity index (χ3v) is 5.95. The monoisotopic (exact) mass is 304 g/mol. The van der Waals surface area contributed by atoms with Crippen molar-refractivity contribution in [2.75, 3.05) is 13.6 Å². The molecule has 1 unspecified atom stereocenters. The number of hydrogen-bond donors (Lipinski definition) is 2. The Labute approximate surface area is 120 Å². The fourth-order valence-corrected chi connectivity index (χ4v) is 4.06. The quantitative estimate of drug-likeness (QED) is 0.848. The Balaban J connectivity index is 2.79. The first-order valence-electron chi connectivity index (χ1n) is 6.39. The van der Waals surface area contributed by atoms with Gasteiger partial charge in [-0.1, -0.05) is 27.7 Å². The molecule has 0 aromatic carbocycles. The predicted octanol–water partition coefficient (Wildman–Crippen LogP) is 2.43. The lowest BCUT2D eigenvalue weighted by Gasteiger charge is -2.27. The highest BCUT2D eigenvalue weighted by Crippen LogP contribution is 2.26. The van der Waals surface area contributed by atoms with Gasteiger partial charge in [-0.25, -0.2) is 13.1 Å². The van der Waals surface area contributed by atoms with Crippen molar-refractivity contribution >= 4 is 21.4 Å². The van der Waals surface area contributed by atoms with Gasteiger partial charge in [-0.05, 0) is 29.8 Å². The van der Waals surface area contributed by atoms with Crippen LogP contribution in [-0.2, 0) is 16.6 Å². The Kier molecular flexibility index (Phi) is 5.55. The minimum absolute atomic E-state index is 0.0883. The first-order chi connectivity index (χ1) is 8.68. The molecule has 1 aromatic rings. The van der Waals surface area contributed by atoms with Crippen molar-refractivity contribution in [2.24, 2.45) is 11.3 Å². The van der Waals surface area contributed by atoms with Crippen LogP contribution in [0.1, 0.15) is 32.6 Å². The Bertz CT molecular complexity index is 501. The SMILES string of the molecule is CNCc1sccc1S(=O)(=O)NCC(C)C(C)(C)C. The van der Waals surface area contributed by atoms with Gasteiger partial charge in [0.2, 0.25) is 10.0 Å². The van der Waals surface area contributed by atoms with Crippen molar-refractivity contribution in [2.45, 2.75) is 39.1 Å². The fraction of sp³-hybridized carbons (Fsp3) is 0.692. The first-order valence-corrected chi connectivity index (χ1v) is 8.75. The third kappa shape index (κ3) is 4.56. The summed E-state index contributed by atoms with van der Waals surface area (Å²) in [6, 6.07) is 1.67. The van der Waals surface area contributed by atoms with E-state index in [1.165, 1.54) is 11.3 Å². The van der Waals surface area contributed by atoms with Crippen LogP contribution in [0, 0.1) is 11.3 Å². The van der Waals surface area contributed by atoms with E-state index >= 15 is 0 Å². The molecular formula is C13H24N2O2S2. The standard InChI is InChI=1S/C13H24N2O2S2/c1-10(13(2,3)4)8-15-19(16,17)12-6-7-18-11(12)9-14-5/h6-7,10,14-15H,8-9H2,1-5H3. The van der Waals surface area contributed by atoms with Crippen LogP contribution in [-0.4, -0.2) is 22.0 Å². The normalized spacial score (nSPS) is 14.6. The van der Waals surface area contributed by atoms with E-state index in [2.05, 4.69) is 37.7 Å². The molecule has 1 atom stereocenters. The second-order valence-corrected chi connectivity index (χ2v) is 8.59. The molecule has 0 saturated heterocycles. The van der Waals surface area contributed by atoms with Gasteiger partial charge in [-0.3, -0.25) is 0 Å². The second kappa shape index (κ2) is 6.35. The number of sulfonamides is 1. The van der Waals surface area contributed by atoms with Crippen molar-refractivity contribution in [3.8, 4) is 0 Å². The lowest BCUT2D eigenvalue weighted by atomic mass is 9.82. The Morgan fingerprint density at radius 2 is 2.00 bits per heavy atom. The molecule has 1 rings (SSSR count). The molecule has 0 aliphatic carbocycles. The average molecular weight is 304 g/mol. The summed E-state index contributed by atoms with van der Waals surface area (Å²) >= 11 is 1.46. The smallest absolute Gasteiger partial charge is 0.241 e. The molecule has 0 radical (unpaired) electrons. The Hall–Kier alpha value is -0.430. The van der Waals surface area contributed by atoms with Gasteiger partial charge in [0, 0.05) is 18.0 Å². The molecule has 110 valence electrons. The van der Waals surface area contributed by atoms with E-state index in [-0.39, 0.29) is 11.3 Å². The van der Waals surface area contributed by atoms with Crippen LogP contribution in [0.25, 0.3) is 0 Å². The van der Waals surface area contributed by atoms with Gasteiger partial charge in [-0.15, -0.1) is 11.3 Å². The Morgan fingerprint density at radius 3 is 2.53 bits per heavy atom. The molecule has 0 bridgehead atoms. The summed E-state index contributed by atoms with van der Waals surface area (Å²) in [5.74, 6) is 0.272. The molecule has 1 aromatic heterocycles. The van der Waals surface area contributed by atoms with Crippen LogP contribution >= 0.6 is 11.3 Å². The molecule has 19 heavy (non-hydrogen) atoms. The summed E-state index contributed by atoms with van der Waals surface area (Å²) in [6.07, 6.45) is 0. The van der Waals surface area contributed by atoms with E-state index in [1.807, 2.05) is 12.4 Å². The van der Waals surface area contributed by atoms with Gasteiger partial charge in [0.15, 0.2) is 0 Å². The van der Waals surface area contributed by atoms with E-state index in [0.29, 0.717) is 18.0 Å². The van der Waals surface area contributed by atoms with Crippen LogP contribution in [0.4, 0.5) is 0 Å². The van der Waals surface area contributed by atoms with Gasteiger partial charge < -0.3 is 5.32 Å². The van der Waals surface area contributed by atoms with Gasteiger partial charge >= 0.3 is 0 Å². The number of nitrogens with one attached hydrogen (secondary N) is 2. The average Bonchev–Trinajstić information content (AvgIpc) is 2.74. The Morgan fingerprint density at radius 1 is 1.37 bits per heavy atom. The molecule has 2 N–H and O–H groups in total. The van der Waals surface area contributed by atoms with Crippen LogP contribution in [0.5, 0.6) is 0 Å². The molecule has 0 aliphatic rings. The highest BCUT2D eigenvalue weighted by Gasteiger charge is 2.24. The summed E-state index contributed by atoms with van der Waals surface area (Å²) in [6.45, 7) is 9.43. The zero-order chi connectivity index (χ0) is 14.7. The largest absolute Gasteiger partial charge is 0.315 e. The van der Waals surface area contributed by atoms with E-state index in [9.17, 15) is 8.42 Å². The molecule has 4 nitrogen and oxygen atoms in total. The van der Waals surface area contributed by atoms with Crippen LogP contribution < -0.4 is 10.0 Å². The number of rotatable bonds is 6. The molecule has 0 saturated carbocycles. The van der Waals surface area contributed by atoms with Crippen molar-refractivity contribution in [1.82, 2.24) is 10.0 Å². The molecule has 0 fully saturated rings. The third-order valence-electron chi connectivity index (χ3n) is 3.39. The van der Waals surface area contributed by atoms with E-state index < -0.39 is 10.0 Å². The summed E-state index contributed by atoms with van der Waals surface area (Å²) in [4.78, 5) is 1.24. The minimum Gasteiger partial charge on any atom is -0.315 e. The lowest BCUT2D eigenvalue weighted by Crippen LogP contribution is -2.34. The van der Waals surface area contributed by atoms with Crippen LogP contribution in [0.3, 0.4) is 0 Å².